The second-order valence-electron chi connectivity index (χ2n) is 8.72. The summed E-state index contributed by atoms with van der Waals surface area (Å²) in [6, 6.07) is 10.4. The number of carbonyl (C=O) groups excluding carboxylic acids is 1. The molecule has 4 aliphatic rings. The maximum atomic E-state index is 13.1. The number of fused-ring (bicyclic) bond motifs is 4. The van der Waals surface area contributed by atoms with Crippen molar-refractivity contribution in [1.29, 1.82) is 0 Å². The molecule has 1 saturated carbocycles. The van der Waals surface area contributed by atoms with Gasteiger partial charge in [0.05, 0.1) is 5.56 Å². The summed E-state index contributed by atoms with van der Waals surface area (Å²) in [6.07, 6.45) is 10.0. The van der Waals surface area contributed by atoms with Crippen molar-refractivity contribution in [3.63, 3.8) is 0 Å². The molecule has 1 aromatic heterocycles. The van der Waals surface area contributed by atoms with Gasteiger partial charge in [0.15, 0.2) is 5.82 Å². The molecule has 0 spiro atoms. The molecular formula is C23H28N4O. The summed E-state index contributed by atoms with van der Waals surface area (Å²) in [6.45, 7) is 4.12. The molecule has 0 N–H and O–H groups in total. The Labute approximate surface area is 166 Å². The Morgan fingerprint density at radius 2 is 1.75 bits per heavy atom. The first kappa shape index (κ1) is 17.8. The quantitative estimate of drug-likeness (QED) is 0.820. The molecule has 146 valence electrons. The van der Waals surface area contributed by atoms with Crippen molar-refractivity contribution in [2.24, 2.45) is 11.8 Å². The molecule has 3 aliphatic heterocycles. The van der Waals surface area contributed by atoms with E-state index in [4.69, 9.17) is 0 Å². The lowest BCUT2D eigenvalue weighted by Crippen LogP contribution is -2.47. The van der Waals surface area contributed by atoms with Crippen LogP contribution in [-0.4, -0.2) is 57.9 Å². The van der Waals surface area contributed by atoms with Crippen molar-refractivity contribution in [3.8, 4) is 11.4 Å². The molecule has 0 radical (unpaired) electrons. The summed E-state index contributed by atoms with van der Waals surface area (Å²) in [5.74, 6) is 2.25. The number of benzene rings is 1. The summed E-state index contributed by atoms with van der Waals surface area (Å²) in [7, 11) is 0. The lowest BCUT2D eigenvalue weighted by molar-refractivity contribution is 0.0716. The molecule has 1 amide bonds. The van der Waals surface area contributed by atoms with Crippen molar-refractivity contribution >= 4 is 5.91 Å². The van der Waals surface area contributed by atoms with Gasteiger partial charge >= 0.3 is 0 Å². The maximum absolute atomic E-state index is 13.1. The van der Waals surface area contributed by atoms with Crippen LogP contribution < -0.4 is 0 Å². The minimum Gasteiger partial charge on any atom is -0.337 e. The largest absolute Gasteiger partial charge is 0.337 e. The SMILES string of the molecule is O=C(c1cnc(-c2ccccc2)nc1)N1C[C@@H]2CC[C@H](C1)N(CC1CCC1)C2. The fourth-order valence-corrected chi connectivity index (χ4v) is 4.93. The molecular weight excluding hydrogens is 348 g/mol. The van der Waals surface area contributed by atoms with E-state index in [1.54, 1.807) is 12.4 Å². The van der Waals surface area contributed by atoms with Gasteiger partial charge in [0, 0.05) is 50.2 Å². The number of hydrogen-bond donors (Lipinski definition) is 0. The Bertz CT molecular complexity index is 818. The molecule has 6 rings (SSSR count). The second kappa shape index (κ2) is 7.63. The fraction of sp³-hybridized carbons (Fsp3) is 0.522. The summed E-state index contributed by atoms with van der Waals surface area (Å²) < 4.78 is 0. The number of nitrogens with zero attached hydrogens (tertiary/aromatic N) is 4. The van der Waals surface area contributed by atoms with Gasteiger partial charge in [-0.05, 0) is 37.5 Å². The highest BCUT2D eigenvalue weighted by Crippen LogP contribution is 2.33. The molecule has 5 heteroatoms. The van der Waals surface area contributed by atoms with E-state index in [1.807, 2.05) is 30.3 Å². The zero-order chi connectivity index (χ0) is 18.9. The van der Waals surface area contributed by atoms with Crippen LogP contribution in [0.25, 0.3) is 11.4 Å². The van der Waals surface area contributed by atoms with Crippen molar-refractivity contribution < 1.29 is 4.79 Å². The van der Waals surface area contributed by atoms with Crippen LogP contribution in [-0.2, 0) is 0 Å². The normalized spacial score (nSPS) is 25.4. The summed E-state index contributed by atoms with van der Waals surface area (Å²) >= 11 is 0. The minimum absolute atomic E-state index is 0.0852. The number of amides is 1. The Balaban J connectivity index is 1.29. The molecule has 28 heavy (non-hydrogen) atoms. The number of aromatic nitrogens is 2. The van der Waals surface area contributed by atoms with Gasteiger partial charge < -0.3 is 4.90 Å². The van der Waals surface area contributed by atoms with Gasteiger partial charge in [-0.1, -0.05) is 36.8 Å². The highest BCUT2D eigenvalue weighted by Gasteiger charge is 2.38. The van der Waals surface area contributed by atoms with Crippen LogP contribution in [0.1, 0.15) is 42.5 Å². The molecule has 4 heterocycles. The highest BCUT2D eigenvalue weighted by atomic mass is 16.2. The molecule has 1 aromatic carbocycles. The van der Waals surface area contributed by atoms with Crippen molar-refractivity contribution in [2.75, 3.05) is 26.2 Å². The van der Waals surface area contributed by atoms with Crippen molar-refractivity contribution in [3.05, 3.63) is 48.3 Å². The van der Waals surface area contributed by atoms with Crippen LogP contribution in [0.15, 0.2) is 42.7 Å². The summed E-state index contributed by atoms with van der Waals surface area (Å²) in [5, 5.41) is 0. The third kappa shape index (κ3) is 3.55. The van der Waals surface area contributed by atoms with Gasteiger partial charge in [-0.15, -0.1) is 0 Å². The zero-order valence-corrected chi connectivity index (χ0v) is 16.3. The van der Waals surface area contributed by atoms with Crippen LogP contribution in [0.3, 0.4) is 0 Å². The van der Waals surface area contributed by atoms with Crippen LogP contribution in [0.2, 0.25) is 0 Å². The third-order valence-electron chi connectivity index (χ3n) is 6.76. The summed E-state index contributed by atoms with van der Waals surface area (Å²) in [4.78, 5) is 26.8. The molecule has 2 aromatic rings. The maximum Gasteiger partial charge on any atom is 0.257 e. The van der Waals surface area contributed by atoms with Gasteiger partial charge in [-0.25, -0.2) is 9.97 Å². The van der Waals surface area contributed by atoms with Crippen LogP contribution in [0.4, 0.5) is 0 Å². The minimum atomic E-state index is 0.0852. The number of rotatable bonds is 4. The third-order valence-corrected chi connectivity index (χ3v) is 6.76. The van der Waals surface area contributed by atoms with Crippen LogP contribution in [0, 0.1) is 11.8 Å². The predicted octanol–water partition coefficient (Wildman–Crippen LogP) is 3.48. The van der Waals surface area contributed by atoms with E-state index in [0.717, 1.165) is 31.1 Å². The van der Waals surface area contributed by atoms with Gasteiger partial charge in [-0.2, -0.15) is 0 Å². The second-order valence-corrected chi connectivity index (χ2v) is 8.72. The van der Waals surface area contributed by atoms with E-state index < -0.39 is 0 Å². The van der Waals surface area contributed by atoms with Crippen molar-refractivity contribution in [1.82, 2.24) is 19.8 Å². The molecule has 0 unspecified atom stereocenters. The lowest BCUT2D eigenvalue weighted by atomic mass is 9.83. The first-order valence-electron chi connectivity index (χ1n) is 10.7. The summed E-state index contributed by atoms with van der Waals surface area (Å²) in [5.41, 5.74) is 1.58. The Hall–Kier alpha value is -2.27. The topological polar surface area (TPSA) is 49.3 Å². The molecule has 4 fully saturated rings. The van der Waals surface area contributed by atoms with E-state index in [1.165, 1.54) is 38.6 Å². The number of carbonyl (C=O) groups is 1. The fourth-order valence-electron chi connectivity index (χ4n) is 4.93. The highest BCUT2D eigenvalue weighted by molar-refractivity contribution is 5.93. The molecule has 2 bridgehead atoms. The van der Waals surface area contributed by atoms with Gasteiger partial charge in [0.1, 0.15) is 0 Å². The lowest BCUT2D eigenvalue weighted by Gasteiger charge is -2.40. The molecule has 2 atom stereocenters. The van der Waals surface area contributed by atoms with Gasteiger partial charge in [0.25, 0.3) is 5.91 Å². The van der Waals surface area contributed by atoms with Gasteiger partial charge in [0.2, 0.25) is 0 Å². The molecule has 3 saturated heterocycles. The Kier molecular flexibility index (Phi) is 4.85. The first-order chi connectivity index (χ1) is 13.8. The molecule has 5 nitrogen and oxygen atoms in total. The average molecular weight is 377 g/mol. The number of piperidine rings is 1. The van der Waals surface area contributed by atoms with E-state index in [-0.39, 0.29) is 5.91 Å². The Morgan fingerprint density at radius 1 is 0.964 bits per heavy atom. The van der Waals surface area contributed by atoms with Crippen LogP contribution >= 0.6 is 0 Å². The van der Waals surface area contributed by atoms with Crippen molar-refractivity contribution in [2.45, 2.75) is 38.1 Å². The Morgan fingerprint density at radius 3 is 2.46 bits per heavy atom. The first-order valence-corrected chi connectivity index (χ1v) is 10.7. The van der Waals surface area contributed by atoms with E-state index >= 15 is 0 Å². The molecule has 1 aliphatic carbocycles. The standard InChI is InChI=1S/C23H28N4O/c28-23(20-11-24-22(25-12-20)19-7-2-1-3-8-19)27-15-18-9-10-21(16-27)26(14-18)13-17-5-4-6-17/h1-3,7-8,11-12,17-18,21H,4-6,9-10,13-16H2/t18-,21-/m1/s1. The van der Waals surface area contributed by atoms with E-state index in [0.29, 0.717) is 23.3 Å². The van der Waals surface area contributed by atoms with Crippen LogP contribution in [0.5, 0.6) is 0 Å². The smallest absolute Gasteiger partial charge is 0.257 e. The average Bonchev–Trinajstić information content (AvgIpc) is 3.03. The zero-order valence-electron chi connectivity index (χ0n) is 16.3. The van der Waals surface area contributed by atoms with Gasteiger partial charge in [-0.3, -0.25) is 9.69 Å². The predicted molar refractivity (Wildman–Crippen MR) is 109 cm³/mol. The van der Waals surface area contributed by atoms with E-state index in [9.17, 15) is 4.79 Å². The van der Waals surface area contributed by atoms with E-state index in [2.05, 4.69) is 19.8 Å². The monoisotopic (exact) mass is 376 g/mol. The number of hydrogen-bond acceptors (Lipinski definition) is 4.